The second kappa shape index (κ2) is 6.03. The smallest absolute Gasteiger partial charge is 0.329 e. The average molecular weight is 279 g/mol. The van der Waals surface area contributed by atoms with Gasteiger partial charge in [0.15, 0.2) is 0 Å². The molecule has 1 aromatic carbocycles. The number of amides is 1. The lowest BCUT2D eigenvalue weighted by atomic mass is 9.90. The summed E-state index contributed by atoms with van der Waals surface area (Å²) >= 11 is 0. The molecule has 0 atom stereocenters. The van der Waals surface area contributed by atoms with E-state index in [9.17, 15) is 19.1 Å². The molecule has 1 amide bonds. The number of carbonyl (C=O) groups is 2. The van der Waals surface area contributed by atoms with Crippen LogP contribution in [0.2, 0.25) is 0 Å². The normalized spacial score (nSPS) is 18.1. The van der Waals surface area contributed by atoms with E-state index in [4.69, 9.17) is 0 Å². The van der Waals surface area contributed by atoms with Gasteiger partial charge in [0, 0.05) is 0 Å². The van der Waals surface area contributed by atoms with Crippen molar-refractivity contribution >= 4 is 11.9 Å². The second-order valence-corrected chi connectivity index (χ2v) is 5.24. The number of rotatable bonds is 3. The third-order valence-corrected chi connectivity index (χ3v) is 3.84. The Balaban J connectivity index is 2.22. The maximum Gasteiger partial charge on any atom is 0.329 e. The van der Waals surface area contributed by atoms with E-state index in [0.29, 0.717) is 12.8 Å². The van der Waals surface area contributed by atoms with Crippen molar-refractivity contribution in [2.24, 2.45) is 0 Å². The molecule has 2 N–H and O–H groups in total. The molecule has 1 fully saturated rings. The number of nitrogens with one attached hydrogen (secondary N) is 1. The third-order valence-electron chi connectivity index (χ3n) is 3.84. The van der Waals surface area contributed by atoms with Gasteiger partial charge >= 0.3 is 5.97 Å². The van der Waals surface area contributed by atoms with Gasteiger partial charge in [0.2, 0.25) is 0 Å². The summed E-state index contributed by atoms with van der Waals surface area (Å²) in [6.07, 6.45) is 4.22. The topological polar surface area (TPSA) is 66.4 Å². The molecule has 1 saturated carbocycles. The lowest BCUT2D eigenvalue weighted by Crippen LogP contribution is -2.54. The van der Waals surface area contributed by atoms with Crippen LogP contribution in [0.1, 0.15) is 48.9 Å². The molecule has 1 aromatic rings. The minimum atomic E-state index is -1.27. The molecule has 0 spiro atoms. The van der Waals surface area contributed by atoms with Gasteiger partial charge in [-0.25, -0.2) is 9.18 Å². The molecule has 20 heavy (non-hydrogen) atoms. The van der Waals surface area contributed by atoms with Crippen molar-refractivity contribution in [3.8, 4) is 0 Å². The van der Waals surface area contributed by atoms with E-state index in [1.54, 1.807) is 6.07 Å². The van der Waals surface area contributed by atoms with E-state index in [1.807, 2.05) is 0 Å². The van der Waals surface area contributed by atoms with E-state index in [-0.39, 0.29) is 5.56 Å². The highest BCUT2D eigenvalue weighted by Gasteiger charge is 2.40. The van der Waals surface area contributed by atoms with Crippen molar-refractivity contribution in [1.29, 1.82) is 0 Å². The molecule has 2 rings (SSSR count). The van der Waals surface area contributed by atoms with Crippen LogP contribution >= 0.6 is 0 Å². The maximum atomic E-state index is 13.6. The summed E-state index contributed by atoms with van der Waals surface area (Å²) in [5, 5.41) is 12.0. The van der Waals surface area contributed by atoms with Crippen LogP contribution in [0.5, 0.6) is 0 Å². The van der Waals surface area contributed by atoms with E-state index < -0.39 is 23.2 Å². The lowest BCUT2D eigenvalue weighted by molar-refractivity contribution is -0.145. The zero-order chi connectivity index (χ0) is 14.6. The molecule has 1 aliphatic carbocycles. The van der Waals surface area contributed by atoms with E-state index in [2.05, 4.69) is 5.32 Å². The zero-order valence-electron chi connectivity index (χ0n) is 11.2. The van der Waals surface area contributed by atoms with Crippen LogP contribution < -0.4 is 5.32 Å². The Bertz CT molecular complexity index is 508. The number of hydrogen-bond donors (Lipinski definition) is 2. The second-order valence-electron chi connectivity index (χ2n) is 5.24. The Kier molecular flexibility index (Phi) is 4.37. The van der Waals surface area contributed by atoms with Crippen LogP contribution in [0.15, 0.2) is 24.3 Å². The van der Waals surface area contributed by atoms with Gasteiger partial charge in [-0.2, -0.15) is 0 Å². The van der Waals surface area contributed by atoms with Gasteiger partial charge in [-0.15, -0.1) is 0 Å². The van der Waals surface area contributed by atoms with Gasteiger partial charge in [0.1, 0.15) is 11.4 Å². The molecule has 1 aliphatic rings. The number of aliphatic carboxylic acids is 1. The Morgan fingerprint density at radius 1 is 1.10 bits per heavy atom. The van der Waals surface area contributed by atoms with Crippen LogP contribution in [0.25, 0.3) is 0 Å². The predicted molar refractivity (Wildman–Crippen MR) is 71.9 cm³/mol. The van der Waals surface area contributed by atoms with Gasteiger partial charge in [0.25, 0.3) is 5.91 Å². The monoisotopic (exact) mass is 279 g/mol. The molecule has 0 saturated heterocycles. The molecule has 0 aliphatic heterocycles. The Labute approximate surface area is 117 Å². The molecule has 4 nitrogen and oxygen atoms in total. The van der Waals surface area contributed by atoms with Crippen molar-refractivity contribution in [3.63, 3.8) is 0 Å². The molecule has 0 aromatic heterocycles. The van der Waals surface area contributed by atoms with Gasteiger partial charge in [-0.1, -0.05) is 37.8 Å². The van der Waals surface area contributed by atoms with Gasteiger partial charge in [0.05, 0.1) is 5.56 Å². The lowest BCUT2D eigenvalue weighted by Gasteiger charge is -2.29. The van der Waals surface area contributed by atoms with Crippen LogP contribution in [0, 0.1) is 5.82 Å². The zero-order valence-corrected chi connectivity index (χ0v) is 11.2. The minimum absolute atomic E-state index is 0.114. The summed E-state index contributed by atoms with van der Waals surface area (Å²) in [4.78, 5) is 23.7. The maximum absolute atomic E-state index is 13.6. The molecule has 0 heterocycles. The molecule has 108 valence electrons. The van der Waals surface area contributed by atoms with Crippen LogP contribution in [0.4, 0.5) is 4.39 Å². The van der Waals surface area contributed by atoms with Crippen molar-refractivity contribution in [3.05, 3.63) is 35.6 Å². The van der Waals surface area contributed by atoms with Crippen LogP contribution in [-0.2, 0) is 4.79 Å². The summed E-state index contributed by atoms with van der Waals surface area (Å²) in [7, 11) is 0. The van der Waals surface area contributed by atoms with Crippen LogP contribution in [-0.4, -0.2) is 22.5 Å². The summed E-state index contributed by atoms with van der Waals surface area (Å²) < 4.78 is 13.6. The first-order valence-electron chi connectivity index (χ1n) is 6.86. The largest absolute Gasteiger partial charge is 0.480 e. The SMILES string of the molecule is O=C(NC1(C(=O)O)CCCCCC1)c1ccccc1F. The Hall–Kier alpha value is -1.91. The van der Waals surface area contributed by atoms with Gasteiger partial charge in [-0.3, -0.25) is 4.79 Å². The Morgan fingerprint density at radius 3 is 2.25 bits per heavy atom. The minimum Gasteiger partial charge on any atom is -0.480 e. The van der Waals surface area contributed by atoms with Crippen molar-refractivity contribution in [2.45, 2.75) is 44.1 Å². The number of hydrogen-bond acceptors (Lipinski definition) is 2. The van der Waals surface area contributed by atoms with Crippen molar-refractivity contribution < 1.29 is 19.1 Å². The number of benzene rings is 1. The molecular formula is C15H18FNO3. The first kappa shape index (κ1) is 14.5. The van der Waals surface area contributed by atoms with E-state index in [0.717, 1.165) is 25.7 Å². The van der Waals surface area contributed by atoms with E-state index in [1.165, 1.54) is 18.2 Å². The Morgan fingerprint density at radius 2 is 1.70 bits per heavy atom. The first-order chi connectivity index (χ1) is 9.55. The number of carbonyl (C=O) groups excluding carboxylic acids is 1. The highest BCUT2D eigenvalue weighted by atomic mass is 19.1. The molecule has 0 unspecified atom stereocenters. The summed E-state index contributed by atoms with van der Waals surface area (Å²) in [5.74, 6) is -2.34. The fraction of sp³-hybridized carbons (Fsp3) is 0.467. The highest BCUT2D eigenvalue weighted by Crippen LogP contribution is 2.28. The summed E-state index contributed by atoms with van der Waals surface area (Å²) in [5.41, 5.74) is -1.38. The van der Waals surface area contributed by atoms with Gasteiger partial charge < -0.3 is 10.4 Å². The van der Waals surface area contributed by atoms with Crippen molar-refractivity contribution in [2.75, 3.05) is 0 Å². The number of halogens is 1. The fourth-order valence-electron chi connectivity index (χ4n) is 2.65. The predicted octanol–water partition coefficient (Wildman–Crippen LogP) is 2.73. The first-order valence-corrected chi connectivity index (χ1v) is 6.86. The molecule has 0 radical (unpaired) electrons. The molecule has 0 bridgehead atoms. The quantitative estimate of drug-likeness (QED) is 0.836. The third kappa shape index (κ3) is 2.98. The standard InChI is InChI=1S/C15H18FNO3/c16-12-8-4-3-7-11(12)13(18)17-15(14(19)20)9-5-1-2-6-10-15/h3-4,7-8H,1-2,5-6,9-10H2,(H,17,18)(H,19,20). The molecule has 5 heteroatoms. The van der Waals surface area contributed by atoms with E-state index >= 15 is 0 Å². The van der Waals surface area contributed by atoms with Crippen LogP contribution in [0.3, 0.4) is 0 Å². The van der Waals surface area contributed by atoms with Crippen molar-refractivity contribution in [1.82, 2.24) is 5.32 Å². The molecular weight excluding hydrogens is 261 g/mol. The fourth-order valence-corrected chi connectivity index (χ4v) is 2.65. The summed E-state index contributed by atoms with van der Waals surface area (Å²) in [6.45, 7) is 0. The number of carboxylic acids is 1. The number of carboxylic acid groups (broad SMARTS) is 1. The highest BCUT2D eigenvalue weighted by molar-refractivity contribution is 5.98. The average Bonchev–Trinajstić information content (AvgIpc) is 2.65. The van der Waals surface area contributed by atoms with Gasteiger partial charge in [-0.05, 0) is 25.0 Å². The summed E-state index contributed by atoms with van der Waals surface area (Å²) in [6, 6.07) is 5.59.